The van der Waals surface area contributed by atoms with E-state index in [-0.39, 0.29) is 5.56 Å². The van der Waals surface area contributed by atoms with E-state index >= 15 is 0 Å². The van der Waals surface area contributed by atoms with Crippen molar-refractivity contribution >= 4 is 0 Å². The Kier molecular flexibility index (Phi) is 6.44. The fourth-order valence-electron chi connectivity index (χ4n) is 4.15. The van der Waals surface area contributed by atoms with Gasteiger partial charge in [-0.1, -0.05) is 18.2 Å². The smallest absolute Gasteiger partial charge is 0.267 e. The van der Waals surface area contributed by atoms with Crippen LogP contribution in [0.5, 0.6) is 5.88 Å². The van der Waals surface area contributed by atoms with Gasteiger partial charge in [-0.2, -0.15) is 5.10 Å². The number of rotatable bonds is 8. The molecule has 1 saturated heterocycles. The monoisotopic (exact) mass is 457 g/mol. The topological polar surface area (TPSA) is 91.0 Å². The van der Waals surface area contributed by atoms with E-state index in [4.69, 9.17) is 4.74 Å². The summed E-state index contributed by atoms with van der Waals surface area (Å²) < 4.78 is 8.49. The summed E-state index contributed by atoms with van der Waals surface area (Å²) in [5.74, 6) is 1.02. The maximum absolute atomic E-state index is 12.1. The summed E-state index contributed by atoms with van der Waals surface area (Å²) in [5, 5.41) is 8.71. The second kappa shape index (κ2) is 9.96. The molecule has 1 aliphatic rings. The van der Waals surface area contributed by atoms with Gasteiger partial charge < -0.3 is 9.64 Å². The van der Waals surface area contributed by atoms with Crippen molar-refractivity contribution in [3.63, 3.8) is 0 Å². The van der Waals surface area contributed by atoms with Gasteiger partial charge in [-0.15, -0.1) is 5.10 Å². The molecule has 1 aromatic carbocycles. The van der Waals surface area contributed by atoms with Crippen LogP contribution in [0.25, 0.3) is 22.5 Å². The van der Waals surface area contributed by atoms with Crippen LogP contribution >= 0.6 is 0 Å². The molecule has 1 aliphatic heterocycles. The van der Waals surface area contributed by atoms with Crippen LogP contribution in [0.3, 0.4) is 0 Å². The molecule has 0 amide bonds. The summed E-state index contributed by atoms with van der Waals surface area (Å²) in [7, 11) is 1.53. The molecule has 0 spiro atoms. The zero-order valence-corrected chi connectivity index (χ0v) is 19.2. The third-order valence-electron chi connectivity index (χ3n) is 6.03. The van der Waals surface area contributed by atoms with E-state index in [1.54, 1.807) is 6.07 Å². The van der Waals surface area contributed by atoms with E-state index < -0.39 is 0 Å². The van der Waals surface area contributed by atoms with Crippen LogP contribution in [0, 0.1) is 0 Å². The summed E-state index contributed by atoms with van der Waals surface area (Å²) in [6.45, 7) is 4.63. The summed E-state index contributed by atoms with van der Waals surface area (Å²) in [6.07, 6.45) is 10.2. The normalized spacial score (nSPS) is 13.9. The largest absolute Gasteiger partial charge is 0.480 e. The Morgan fingerprint density at radius 3 is 2.56 bits per heavy atom. The molecule has 0 radical (unpaired) electrons. The maximum atomic E-state index is 12.1. The minimum atomic E-state index is -0.187. The zero-order valence-electron chi connectivity index (χ0n) is 19.2. The average Bonchev–Trinajstić information content (AvgIpc) is 3.57. The van der Waals surface area contributed by atoms with Crippen molar-refractivity contribution in [1.82, 2.24) is 34.4 Å². The fraction of sp³-hybridized carbons (Fsp3) is 0.320. The summed E-state index contributed by atoms with van der Waals surface area (Å²) >= 11 is 0. The number of hydrogen-bond acceptors (Lipinski definition) is 7. The van der Waals surface area contributed by atoms with Gasteiger partial charge in [0, 0.05) is 54.0 Å². The van der Waals surface area contributed by atoms with Crippen LogP contribution in [0.4, 0.5) is 0 Å². The van der Waals surface area contributed by atoms with Gasteiger partial charge in [0.25, 0.3) is 5.56 Å². The Labute approximate surface area is 197 Å². The molecular weight excluding hydrogens is 430 g/mol. The van der Waals surface area contributed by atoms with E-state index in [0.717, 1.165) is 35.3 Å². The number of hydrogen-bond donors (Lipinski definition) is 0. The number of benzene rings is 1. The lowest BCUT2D eigenvalue weighted by Gasteiger charge is -2.13. The highest BCUT2D eigenvalue weighted by Gasteiger charge is 2.12. The molecule has 1 fully saturated rings. The fourth-order valence-corrected chi connectivity index (χ4v) is 4.15. The van der Waals surface area contributed by atoms with Gasteiger partial charge in [0.15, 0.2) is 5.82 Å². The lowest BCUT2D eigenvalue weighted by Crippen LogP contribution is -2.24. The maximum Gasteiger partial charge on any atom is 0.267 e. The minimum Gasteiger partial charge on any atom is -0.480 e. The van der Waals surface area contributed by atoms with Crippen molar-refractivity contribution < 1.29 is 4.74 Å². The molecule has 0 N–H and O–H groups in total. The van der Waals surface area contributed by atoms with Crippen molar-refractivity contribution in [2.75, 3.05) is 26.7 Å². The van der Waals surface area contributed by atoms with Crippen molar-refractivity contribution in [2.24, 2.45) is 0 Å². The number of methoxy groups -OCH3 is 1. The molecule has 0 bridgehead atoms. The predicted octanol–water partition coefficient (Wildman–Crippen LogP) is 2.72. The Morgan fingerprint density at radius 1 is 0.941 bits per heavy atom. The molecule has 34 heavy (non-hydrogen) atoms. The Bertz CT molecular complexity index is 1310. The first-order chi connectivity index (χ1) is 16.7. The molecule has 4 heterocycles. The van der Waals surface area contributed by atoms with Crippen LogP contribution in [0.1, 0.15) is 18.4 Å². The molecule has 9 nitrogen and oxygen atoms in total. The molecule has 3 aromatic heterocycles. The zero-order chi connectivity index (χ0) is 23.3. The molecule has 0 saturated carbocycles. The first-order valence-corrected chi connectivity index (χ1v) is 11.5. The lowest BCUT2D eigenvalue weighted by atomic mass is 10.1. The molecule has 4 aromatic rings. The first-order valence-electron chi connectivity index (χ1n) is 11.5. The molecule has 5 rings (SSSR count). The lowest BCUT2D eigenvalue weighted by molar-refractivity contribution is 0.316. The van der Waals surface area contributed by atoms with Gasteiger partial charge in [-0.3, -0.25) is 9.48 Å². The third-order valence-corrected chi connectivity index (χ3v) is 6.03. The standard InChI is InChI=1S/C25H27N7O2/c1-34-23-7-8-24(33)32(29-23)17-19-5-4-6-20(13-19)25-26-14-21(15-27-25)22-16-28-31(18-22)12-11-30-9-2-3-10-30/h4-8,13-16,18H,2-3,9-12,17H2,1H3. The van der Waals surface area contributed by atoms with Crippen LogP contribution in [-0.2, 0) is 13.1 Å². The van der Waals surface area contributed by atoms with E-state index in [0.29, 0.717) is 18.2 Å². The highest BCUT2D eigenvalue weighted by Crippen LogP contribution is 2.21. The molecular formula is C25H27N7O2. The third kappa shape index (κ3) is 5.04. The van der Waals surface area contributed by atoms with Crippen molar-refractivity contribution in [3.8, 4) is 28.4 Å². The quantitative estimate of drug-likeness (QED) is 0.402. The second-order valence-electron chi connectivity index (χ2n) is 8.41. The van der Waals surface area contributed by atoms with Crippen LogP contribution in [0.15, 0.2) is 66.0 Å². The highest BCUT2D eigenvalue weighted by molar-refractivity contribution is 5.62. The Balaban J connectivity index is 1.28. The second-order valence-corrected chi connectivity index (χ2v) is 8.41. The van der Waals surface area contributed by atoms with Crippen molar-refractivity contribution in [1.29, 1.82) is 0 Å². The highest BCUT2D eigenvalue weighted by atomic mass is 16.5. The predicted molar refractivity (Wildman–Crippen MR) is 129 cm³/mol. The molecule has 0 unspecified atom stereocenters. The van der Waals surface area contributed by atoms with E-state index in [9.17, 15) is 4.79 Å². The number of ether oxygens (including phenoxy) is 1. The summed E-state index contributed by atoms with van der Waals surface area (Å²) in [6, 6.07) is 10.8. The van der Waals surface area contributed by atoms with Gasteiger partial charge in [0.2, 0.25) is 5.88 Å². The molecule has 174 valence electrons. The Morgan fingerprint density at radius 2 is 1.76 bits per heavy atom. The van der Waals surface area contributed by atoms with Crippen molar-refractivity contribution in [2.45, 2.75) is 25.9 Å². The first kappa shape index (κ1) is 22.0. The van der Waals surface area contributed by atoms with E-state index in [1.165, 1.54) is 43.8 Å². The molecule has 0 aliphatic carbocycles. The number of aromatic nitrogens is 6. The van der Waals surface area contributed by atoms with Gasteiger partial charge in [-0.05, 0) is 37.6 Å². The SMILES string of the molecule is COc1ccc(=O)n(Cc2cccc(-c3ncc(-c4cnn(CCN5CCCC5)c4)cn3)c2)n1. The average molecular weight is 458 g/mol. The summed E-state index contributed by atoms with van der Waals surface area (Å²) in [4.78, 5) is 23.8. The van der Waals surface area contributed by atoms with Crippen LogP contribution in [0.2, 0.25) is 0 Å². The van der Waals surface area contributed by atoms with Gasteiger partial charge in [0.1, 0.15) is 0 Å². The van der Waals surface area contributed by atoms with Gasteiger partial charge >= 0.3 is 0 Å². The summed E-state index contributed by atoms with van der Waals surface area (Å²) in [5.41, 5.74) is 3.55. The van der Waals surface area contributed by atoms with E-state index in [2.05, 4.69) is 25.1 Å². The minimum absolute atomic E-state index is 0.187. The molecule has 0 atom stereocenters. The number of likely N-dealkylation sites (tertiary alicyclic amines) is 1. The van der Waals surface area contributed by atoms with Crippen LogP contribution in [-0.4, -0.2) is 61.2 Å². The van der Waals surface area contributed by atoms with Gasteiger partial charge in [-0.25, -0.2) is 14.6 Å². The van der Waals surface area contributed by atoms with E-state index in [1.807, 2.05) is 53.7 Å². The van der Waals surface area contributed by atoms with Gasteiger partial charge in [0.05, 0.1) is 26.4 Å². The van der Waals surface area contributed by atoms with Crippen molar-refractivity contribution in [3.05, 3.63) is 77.1 Å². The van der Waals surface area contributed by atoms with Crippen LogP contribution < -0.4 is 10.3 Å². The molecule has 9 heteroatoms. The Hall–Kier alpha value is -3.85. The number of nitrogens with zero attached hydrogens (tertiary/aromatic N) is 7.